The zero-order valence-electron chi connectivity index (χ0n) is 8.74. The SMILES string of the molecule is CC(Nc1cc(Cl)c(Cl)cc1[N+](=O)[O-])C(N)=O. The summed E-state index contributed by atoms with van der Waals surface area (Å²) in [7, 11) is 0. The summed E-state index contributed by atoms with van der Waals surface area (Å²) in [5.41, 5.74) is 4.87. The van der Waals surface area contributed by atoms with Gasteiger partial charge in [0.1, 0.15) is 11.7 Å². The summed E-state index contributed by atoms with van der Waals surface area (Å²) >= 11 is 11.4. The van der Waals surface area contributed by atoms with E-state index in [4.69, 9.17) is 28.9 Å². The van der Waals surface area contributed by atoms with Crippen LogP contribution in [0.2, 0.25) is 10.0 Å². The fraction of sp³-hybridized carbons (Fsp3) is 0.222. The van der Waals surface area contributed by atoms with Crippen molar-refractivity contribution in [2.45, 2.75) is 13.0 Å². The second-order valence-corrected chi connectivity index (χ2v) is 4.12. The minimum atomic E-state index is -0.758. The van der Waals surface area contributed by atoms with Gasteiger partial charge in [0, 0.05) is 6.07 Å². The Morgan fingerprint density at radius 1 is 1.47 bits per heavy atom. The number of carbonyl (C=O) groups excluding carboxylic acids is 1. The molecule has 8 heteroatoms. The lowest BCUT2D eigenvalue weighted by molar-refractivity contribution is -0.383. The van der Waals surface area contributed by atoms with Crippen molar-refractivity contribution in [1.29, 1.82) is 0 Å². The molecule has 1 aromatic carbocycles. The first kappa shape index (κ1) is 13.5. The molecule has 6 nitrogen and oxygen atoms in total. The lowest BCUT2D eigenvalue weighted by Crippen LogP contribution is -2.32. The zero-order valence-corrected chi connectivity index (χ0v) is 10.2. The third-order valence-electron chi connectivity index (χ3n) is 2.03. The summed E-state index contributed by atoms with van der Waals surface area (Å²) in [6.45, 7) is 1.48. The topological polar surface area (TPSA) is 98.3 Å². The number of halogens is 2. The molecule has 1 aromatic rings. The van der Waals surface area contributed by atoms with E-state index in [-0.39, 0.29) is 21.4 Å². The van der Waals surface area contributed by atoms with Gasteiger partial charge in [-0.2, -0.15) is 0 Å². The molecule has 0 saturated heterocycles. The van der Waals surface area contributed by atoms with Gasteiger partial charge in [0.2, 0.25) is 5.91 Å². The fourth-order valence-electron chi connectivity index (χ4n) is 1.11. The molecule has 1 unspecified atom stereocenters. The van der Waals surface area contributed by atoms with Crippen LogP contribution in [0.1, 0.15) is 6.92 Å². The maximum absolute atomic E-state index is 10.9. The van der Waals surface area contributed by atoms with Crippen molar-refractivity contribution in [3.63, 3.8) is 0 Å². The number of rotatable bonds is 4. The highest BCUT2D eigenvalue weighted by atomic mass is 35.5. The predicted molar refractivity (Wildman–Crippen MR) is 65.4 cm³/mol. The van der Waals surface area contributed by atoms with Gasteiger partial charge >= 0.3 is 0 Å². The van der Waals surface area contributed by atoms with Crippen molar-refractivity contribution in [1.82, 2.24) is 0 Å². The number of nitrogens with one attached hydrogen (secondary N) is 1. The first-order valence-corrected chi connectivity index (χ1v) is 5.27. The van der Waals surface area contributed by atoms with Crippen LogP contribution in [0.5, 0.6) is 0 Å². The maximum Gasteiger partial charge on any atom is 0.293 e. The number of anilines is 1. The van der Waals surface area contributed by atoms with Crippen LogP contribution in [0, 0.1) is 10.1 Å². The third-order valence-corrected chi connectivity index (χ3v) is 2.76. The maximum atomic E-state index is 10.9. The molecule has 0 bridgehead atoms. The number of hydrogen-bond donors (Lipinski definition) is 2. The Labute approximate surface area is 107 Å². The molecular weight excluding hydrogens is 269 g/mol. The highest BCUT2D eigenvalue weighted by Crippen LogP contribution is 2.34. The number of amides is 1. The number of nitro benzene ring substituents is 1. The Kier molecular flexibility index (Phi) is 4.14. The third kappa shape index (κ3) is 3.21. The van der Waals surface area contributed by atoms with Gasteiger partial charge in [-0.3, -0.25) is 14.9 Å². The van der Waals surface area contributed by atoms with Crippen LogP contribution in [-0.4, -0.2) is 16.9 Å². The van der Waals surface area contributed by atoms with Crippen molar-refractivity contribution < 1.29 is 9.72 Å². The van der Waals surface area contributed by atoms with E-state index >= 15 is 0 Å². The lowest BCUT2D eigenvalue weighted by Gasteiger charge is -2.12. The van der Waals surface area contributed by atoms with Gasteiger partial charge in [0.05, 0.1) is 15.0 Å². The van der Waals surface area contributed by atoms with Gasteiger partial charge in [-0.05, 0) is 13.0 Å². The van der Waals surface area contributed by atoms with Crippen LogP contribution in [0.4, 0.5) is 11.4 Å². The Morgan fingerprint density at radius 3 is 2.47 bits per heavy atom. The minimum absolute atomic E-state index is 0.0654. The van der Waals surface area contributed by atoms with E-state index in [1.807, 2.05) is 0 Å². The highest BCUT2D eigenvalue weighted by molar-refractivity contribution is 6.42. The molecule has 0 heterocycles. The molecule has 92 valence electrons. The molecule has 0 saturated carbocycles. The van der Waals surface area contributed by atoms with E-state index in [0.29, 0.717) is 0 Å². The molecule has 1 amide bonds. The molecule has 3 N–H and O–H groups in total. The number of benzene rings is 1. The van der Waals surface area contributed by atoms with Gasteiger partial charge < -0.3 is 11.1 Å². The number of nitrogens with two attached hydrogens (primary N) is 1. The van der Waals surface area contributed by atoms with Crippen LogP contribution in [0.25, 0.3) is 0 Å². The van der Waals surface area contributed by atoms with Crippen molar-refractivity contribution >= 4 is 40.5 Å². The summed E-state index contributed by atoms with van der Waals surface area (Å²) in [4.78, 5) is 21.0. The predicted octanol–water partition coefficient (Wildman–Crippen LogP) is 2.19. The van der Waals surface area contributed by atoms with Crippen molar-refractivity contribution in [2.75, 3.05) is 5.32 Å². The number of nitro groups is 1. The van der Waals surface area contributed by atoms with Crippen molar-refractivity contribution in [3.8, 4) is 0 Å². The largest absolute Gasteiger partial charge is 0.368 e. The fourth-order valence-corrected chi connectivity index (χ4v) is 1.43. The van der Waals surface area contributed by atoms with Gasteiger partial charge in [-0.15, -0.1) is 0 Å². The smallest absolute Gasteiger partial charge is 0.293 e. The minimum Gasteiger partial charge on any atom is -0.368 e. The van der Waals surface area contributed by atoms with Crippen LogP contribution >= 0.6 is 23.2 Å². The van der Waals surface area contributed by atoms with Gasteiger partial charge in [-0.25, -0.2) is 0 Å². The molecule has 0 fully saturated rings. The highest BCUT2D eigenvalue weighted by Gasteiger charge is 2.19. The zero-order chi connectivity index (χ0) is 13.2. The Bertz CT molecular complexity index is 479. The lowest BCUT2D eigenvalue weighted by atomic mass is 10.2. The molecular formula is C9H9Cl2N3O3. The second kappa shape index (κ2) is 5.20. The molecule has 0 aliphatic heterocycles. The number of carbonyl (C=O) groups is 1. The van der Waals surface area contributed by atoms with Crippen molar-refractivity contribution in [2.24, 2.45) is 5.73 Å². The average molecular weight is 278 g/mol. The second-order valence-electron chi connectivity index (χ2n) is 3.31. The first-order chi connectivity index (χ1) is 7.82. The number of nitrogens with zero attached hydrogens (tertiary/aromatic N) is 1. The average Bonchev–Trinajstić information content (AvgIpc) is 2.22. The van der Waals surface area contributed by atoms with Gasteiger partial charge in [0.25, 0.3) is 5.69 Å². The normalized spacial score (nSPS) is 11.9. The molecule has 0 aromatic heterocycles. The molecule has 0 aliphatic carbocycles. The van der Waals surface area contributed by atoms with Gasteiger partial charge in [-0.1, -0.05) is 23.2 Å². The van der Waals surface area contributed by atoms with E-state index in [0.717, 1.165) is 6.07 Å². The van der Waals surface area contributed by atoms with E-state index < -0.39 is 16.9 Å². The van der Waals surface area contributed by atoms with E-state index in [1.54, 1.807) is 0 Å². The Hall–Kier alpha value is -1.53. The first-order valence-electron chi connectivity index (χ1n) is 4.52. The van der Waals surface area contributed by atoms with Crippen molar-refractivity contribution in [3.05, 3.63) is 32.3 Å². The Balaban J connectivity index is 3.17. The number of primary amides is 1. The van der Waals surface area contributed by atoms with Crippen LogP contribution < -0.4 is 11.1 Å². The summed E-state index contributed by atoms with van der Waals surface area (Å²) in [5.74, 6) is -0.634. The summed E-state index contributed by atoms with van der Waals surface area (Å²) in [6, 6.07) is 1.63. The Morgan fingerprint density at radius 2 is 2.00 bits per heavy atom. The van der Waals surface area contributed by atoms with E-state index in [2.05, 4.69) is 5.32 Å². The summed E-state index contributed by atoms with van der Waals surface area (Å²) in [6.07, 6.45) is 0. The summed E-state index contributed by atoms with van der Waals surface area (Å²) in [5, 5.41) is 13.6. The van der Waals surface area contributed by atoms with E-state index in [9.17, 15) is 14.9 Å². The summed E-state index contributed by atoms with van der Waals surface area (Å²) < 4.78 is 0. The van der Waals surface area contributed by atoms with Crippen LogP contribution in [0.3, 0.4) is 0 Å². The number of hydrogen-bond acceptors (Lipinski definition) is 4. The van der Waals surface area contributed by atoms with E-state index in [1.165, 1.54) is 13.0 Å². The molecule has 0 radical (unpaired) electrons. The van der Waals surface area contributed by atoms with Crippen LogP contribution in [-0.2, 0) is 4.79 Å². The van der Waals surface area contributed by atoms with Crippen LogP contribution in [0.15, 0.2) is 12.1 Å². The standard InChI is InChI=1S/C9H9Cl2N3O3/c1-4(9(12)15)13-7-2-5(10)6(11)3-8(7)14(16)17/h2-4,13H,1H3,(H2,12,15). The molecule has 0 spiro atoms. The monoisotopic (exact) mass is 277 g/mol. The van der Waals surface area contributed by atoms with Gasteiger partial charge in [0.15, 0.2) is 0 Å². The quantitative estimate of drug-likeness (QED) is 0.651. The molecule has 1 rings (SSSR count). The molecule has 0 aliphatic rings. The molecule has 1 atom stereocenters. The molecule has 17 heavy (non-hydrogen) atoms.